The number of halogens is 1. The molecule has 0 spiro atoms. The minimum atomic E-state index is 0.297. The second kappa shape index (κ2) is 4.44. The van der Waals surface area contributed by atoms with Crippen LogP contribution in [0, 0.1) is 0 Å². The first kappa shape index (κ1) is 5.44. The topological polar surface area (TPSA) is 20.2 Å². The molecular formula is C3H7BrO. The summed E-state index contributed by atoms with van der Waals surface area (Å²) in [5.41, 5.74) is 0. The van der Waals surface area contributed by atoms with Gasteiger partial charge in [0.25, 0.3) is 0 Å². The molecule has 0 fully saturated rings. The standard InChI is InChI=1S/C3H7BrO/c4-2-1-3-5/h5H,1-3H2/i1+1,2+1,3+1. The van der Waals surface area contributed by atoms with Crippen LogP contribution in [0.1, 0.15) is 6.42 Å². The summed E-state index contributed by atoms with van der Waals surface area (Å²) in [6.07, 6.45) is 0.861. The molecule has 32 valence electrons. The molecule has 0 aliphatic rings. The highest BCUT2D eigenvalue weighted by atomic mass is 79.9. The molecule has 0 aliphatic carbocycles. The Labute approximate surface area is 40.1 Å². The van der Waals surface area contributed by atoms with Gasteiger partial charge < -0.3 is 5.11 Å². The molecule has 5 heavy (non-hydrogen) atoms. The van der Waals surface area contributed by atoms with Crippen molar-refractivity contribution in [1.82, 2.24) is 0 Å². The molecule has 0 aromatic carbocycles. The van der Waals surface area contributed by atoms with Gasteiger partial charge in [-0.05, 0) is 6.42 Å². The van der Waals surface area contributed by atoms with Crippen molar-refractivity contribution in [2.75, 3.05) is 11.9 Å². The number of aliphatic hydroxyl groups is 1. The zero-order chi connectivity index (χ0) is 4.12. The molecule has 0 atom stereocenters. The van der Waals surface area contributed by atoms with Gasteiger partial charge in [0.1, 0.15) is 0 Å². The van der Waals surface area contributed by atoms with E-state index in [0.29, 0.717) is 6.61 Å². The van der Waals surface area contributed by atoms with Gasteiger partial charge in [0.15, 0.2) is 0 Å². The molecule has 0 aliphatic heterocycles. The lowest BCUT2D eigenvalue weighted by atomic mass is 11.5. The maximum Gasteiger partial charge on any atom is 0.0438 e. The van der Waals surface area contributed by atoms with Crippen LogP contribution in [-0.2, 0) is 0 Å². The van der Waals surface area contributed by atoms with Gasteiger partial charge in [-0.25, -0.2) is 0 Å². The Morgan fingerprint density at radius 3 is 2.20 bits per heavy atom. The SMILES string of the molecule is O[13CH2][13CH2][13CH2]Br. The Morgan fingerprint density at radius 1 is 1.60 bits per heavy atom. The fourth-order valence-corrected chi connectivity index (χ4v) is 0.311. The van der Waals surface area contributed by atoms with E-state index in [9.17, 15) is 0 Å². The molecular weight excluding hydrogens is 135 g/mol. The van der Waals surface area contributed by atoms with E-state index < -0.39 is 0 Å². The molecule has 0 aromatic rings. The fourth-order valence-electron chi connectivity index (χ4n) is 0.0598. The predicted octanol–water partition coefficient (Wildman–Crippen LogP) is 0.764. The molecule has 1 N–H and O–H groups in total. The minimum absolute atomic E-state index is 0.297. The van der Waals surface area contributed by atoms with Crippen LogP contribution in [-0.4, -0.2) is 17.0 Å². The first-order valence-electron chi connectivity index (χ1n) is 1.58. The van der Waals surface area contributed by atoms with Gasteiger partial charge >= 0.3 is 0 Å². The lowest BCUT2D eigenvalue weighted by molar-refractivity contribution is 0.296. The summed E-state index contributed by atoms with van der Waals surface area (Å²) >= 11 is 3.15. The van der Waals surface area contributed by atoms with E-state index in [-0.39, 0.29) is 0 Å². The van der Waals surface area contributed by atoms with Crippen molar-refractivity contribution >= 4 is 15.9 Å². The van der Waals surface area contributed by atoms with Crippen molar-refractivity contribution in [3.05, 3.63) is 0 Å². The summed E-state index contributed by atoms with van der Waals surface area (Å²) < 4.78 is 0. The van der Waals surface area contributed by atoms with E-state index in [2.05, 4.69) is 15.9 Å². The Balaban J connectivity index is 2.19. The van der Waals surface area contributed by atoms with E-state index in [1.165, 1.54) is 0 Å². The van der Waals surface area contributed by atoms with Gasteiger partial charge in [0.2, 0.25) is 0 Å². The van der Waals surface area contributed by atoms with Crippen LogP contribution in [0.25, 0.3) is 0 Å². The quantitative estimate of drug-likeness (QED) is 0.445. The van der Waals surface area contributed by atoms with Crippen molar-refractivity contribution < 1.29 is 5.11 Å². The van der Waals surface area contributed by atoms with Gasteiger partial charge in [0.05, 0.1) is 0 Å². The van der Waals surface area contributed by atoms with Gasteiger partial charge in [-0.3, -0.25) is 0 Å². The third-order valence-electron chi connectivity index (χ3n) is 0.292. The van der Waals surface area contributed by atoms with Crippen molar-refractivity contribution in [2.45, 2.75) is 6.42 Å². The maximum absolute atomic E-state index is 8.04. The van der Waals surface area contributed by atoms with E-state index in [0.717, 1.165) is 11.8 Å². The average molecular weight is 142 g/mol. The second-order valence-electron chi connectivity index (χ2n) is 0.766. The summed E-state index contributed by atoms with van der Waals surface area (Å²) in [6.45, 7) is 0.297. The minimum Gasteiger partial charge on any atom is -0.396 e. The number of alkyl halides is 1. The van der Waals surface area contributed by atoms with Crippen molar-refractivity contribution in [1.29, 1.82) is 0 Å². The van der Waals surface area contributed by atoms with Crippen molar-refractivity contribution in [3.63, 3.8) is 0 Å². The van der Waals surface area contributed by atoms with Crippen LogP contribution in [0.4, 0.5) is 0 Å². The highest BCUT2D eigenvalue weighted by molar-refractivity contribution is 9.09. The number of aliphatic hydroxyl groups excluding tert-OH is 1. The maximum atomic E-state index is 8.04. The average Bonchev–Trinajstić information content (AvgIpc) is 1.41. The van der Waals surface area contributed by atoms with Crippen LogP contribution >= 0.6 is 15.9 Å². The van der Waals surface area contributed by atoms with Crippen molar-refractivity contribution in [2.24, 2.45) is 0 Å². The predicted molar refractivity (Wildman–Crippen MR) is 25.5 cm³/mol. The largest absolute Gasteiger partial charge is 0.396 e. The molecule has 0 aromatic heterocycles. The molecule has 0 heterocycles. The highest BCUT2D eigenvalue weighted by Crippen LogP contribution is 1.81. The number of hydrogen-bond donors (Lipinski definition) is 1. The zero-order valence-corrected chi connectivity index (χ0v) is 4.53. The Bertz CT molecular complexity index is 14.4. The van der Waals surface area contributed by atoms with Gasteiger partial charge in [-0.2, -0.15) is 0 Å². The molecule has 0 bridgehead atoms. The van der Waals surface area contributed by atoms with Gasteiger partial charge in [-0.15, -0.1) is 0 Å². The monoisotopic (exact) mass is 141 g/mol. The molecule has 1 nitrogen and oxygen atoms in total. The van der Waals surface area contributed by atoms with Crippen LogP contribution in [0.2, 0.25) is 0 Å². The summed E-state index contributed by atoms with van der Waals surface area (Å²) in [6, 6.07) is 0. The van der Waals surface area contributed by atoms with Crippen molar-refractivity contribution in [3.8, 4) is 0 Å². The molecule has 0 saturated carbocycles. The lowest BCUT2D eigenvalue weighted by Gasteiger charge is -1.78. The van der Waals surface area contributed by atoms with Crippen LogP contribution in [0.5, 0.6) is 0 Å². The molecule has 2 heteroatoms. The zero-order valence-electron chi connectivity index (χ0n) is 2.95. The molecule has 0 rings (SSSR count). The molecule has 0 amide bonds. The summed E-state index contributed by atoms with van der Waals surface area (Å²) in [7, 11) is 0. The fraction of sp³-hybridized carbons (Fsp3) is 1.00. The smallest absolute Gasteiger partial charge is 0.0438 e. The van der Waals surface area contributed by atoms with Crippen LogP contribution in [0.15, 0.2) is 0 Å². The third kappa shape index (κ3) is 4.44. The summed E-state index contributed by atoms with van der Waals surface area (Å²) in [5, 5.41) is 8.94. The number of hydrogen-bond acceptors (Lipinski definition) is 1. The summed E-state index contributed by atoms with van der Waals surface area (Å²) in [4.78, 5) is 0. The van der Waals surface area contributed by atoms with E-state index in [1.807, 2.05) is 0 Å². The number of rotatable bonds is 2. The highest BCUT2D eigenvalue weighted by Gasteiger charge is 1.70. The first-order chi connectivity index (χ1) is 2.41. The lowest BCUT2D eigenvalue weighted by Crippen LogP contribution is -1.78. The third-order valence-corrected chi connectivity index (χ3v) is 0.852. The van der Waals surface area contributed by atoms with Gasteiger partial charge in [-0.1, -0.05) is 15.9 Å². The van der Waals surface area contributed by atoms with E-state index in [4.69, 9.17) is 5.11 Å². The summed E-state index contributed by atoms with van der Waals surface area (Å²) in [5.74, 6) is 0. The Morgan fingerprint density at radius 2 is 2.20 bits per heavy atom. The van der Waals surface area contributed by atoms with E-state index >= 15 is 0 Å². The Kier molecular flexibility index (Phi) is 4.83. The van der Waals surface area contributed by atoms with E-state index in [1.54, 1.807) is 0 Å². The normalized spacial score (nSPS) is 8.40. The second-order valence-corrected chi connectivity index (χ2v) is 1.56. The Hall–Kier alpha value is 0.440. The van der Waals surface area contributed by atoms with Gasteiger partial charge in [0, 0.05) is 11.9 Å². The molecule has 0 saturated heterocycles. The molecule has 0 radical (unpaired) electrons. The van der Waals surface area contributed by atoms with Crippen LogP contribution < -0.4 is 0 Å². The molecule has 0 unspecified atom stereocenters. The first-order valence-corrected chi connectivity index (χ1v) is 2.70. The van der Waals surface area contributed by atoms with Crippen LogP contribution in [0.3, 0.4) is 0 Å².